The van der Waals surface area contributed by atoms with Crippen LogP contribution in [0.15, 0.2) is 121 Å². The average molecular weight is 465 g/mol. The van der Waals surface area contributed by atoms with Crippen LogP contribution >= 0.6 is 0 Å². The number of nitrogens with one attached hydrogen (secondary N) is 1. The smallest absolute Gasteiger partial charge is 0.255 e. The lowest BCUT2D eigenvalue weighted by Crippen LogP contribution is -2.11. The number of fused-ring (bicyclic) bond motifs is 3. The number of aromatic nitrogens is 1. The van der Waals surface area contributed by atoms with Gasteiger partial charge in [-0.15, -0.1) is 0 Å². The van der Waals surface area contributed by atoms with Gasteiger partial charge in [-0.1, -0.05) is 90.5 Å². The lowest BCUT2D eigenvalue weighted by molar-refractivity contribution is 0.102. The molecular weight excluding hydrogens is 440 g/mol. The maximum atomic E-state index is 12.7. The van der Waals surface area contributed by atoms with E-state index in [1.54, 1.807) is 0 Å². The summed E-state index contributed by atoms with van der Waals surface area (Å²) in [5.74, 6) is -0.117. The van der Waals surface area contributed by atoms with Crippen molar-refractivity contribution < 1.29 is 4.79 Å². The van der Waals surface area contributed by atoms with E-state index >= 15 is 0 Å². The third kappa shape index (κ3) is 4.12. The molecule has 0 aliphatic carbocycles. The monoisotopic (exact) mass is 464 g/mol. The molecule has 0 aliphatic heterocycles. The Kier molecular flexibility index (Phi) is 5.51. The van der Waals surface area contributed by atoms with Crippen molar-refractivity contribution in [1.82, 2.24) is 4.98 Å². The van der Waals surface area contributed by atoms with Crippen LogP contribution in [0.5, 0.6) is 0 Å². The van der Waals surface area contributed by atoms with Crippen LogP contribution in [0.2, 0.25) is 0 Å². The van der Waals surface area contributed by atoms with Crippen LogP contribution in [0.3, 0.4) is 0 Å². The van der Waals surface area contributed by atoms with E-state index in [0.717, 1.165) is 44.5 Å². The average Bonchev–Trinajstić information content (AvgIpc) is 2.93. The highest BCUT2D eigenvalue weighted by atomic mass is 16.1. The van der Waals surface area contributed by atoms with E-state index < -0.39 is 0 Å². The Hall–Kier alpha value is -4.76. The number of pyridine rings is 1. The molecule has 1 aromatic heterocycles. The van der Waals surface area contributed by atoms with Gasteiger partial charge in [-0.2, -0.15) is 0 Å². The molecule has 36 heavy (non-hydrogen) atoms. The standard InChI is InChI=1S/C33H24N2O/c1-22-8-7-12-26(20-22)33(36)34-27-17-14-25(15-18-27)31-21-29(23-9-3-2-4-10-23)32-28-13-6-5-11-24(28)16-19-30(32)35-31/h2-21H,1H3,(H,34,36). The molecule has 0 spiro atoms. The van der Waals surface area contributed by atoms with Gasteiger partial charge in [0, 0.05) is 22.2 Å². The summed E-state index contributed by atoms with van der Waals surface area (Å²) in [7, 11) is 0. The summed E-state index contributed by atoms with van der Waals surface area (Å²) in [6, 6.07) is 40.8. The van der Waals surface area contributed by atoms with Gasteiger partial charge in [0.25, 0.3) is 5.91 Å². The van der Waals surface area contributed by atoms with Crippen LogP contribution in [0.25, 0.3) is 44.1 Å². The molecule has 0 aliphatic rings. The van der Waals surface area contributed by atoms with Crippen molar-refractivity contribution in [3.05, 3.63) is 132 Å². The Morgan fingerprint density at radius 3 is 2.28 bits per heavy atom. The quantitative estimate of drug-likeness (QED) is 0.267. The van der Waals surface area contributed by atoms with Gasteiger partial charge in [-0.25, -0.2) is 4.98 Å². The SMILES string of the molecule is Cc1cccc(C(=O)Nc2ccc(-c3cc(-c4ccccc4)c4c(ccc5ccccc54)n3)cc2)c1. The van der Waals surface area contributed by atoms with Gasteiger partial charge in [-0.05, 0) is 65.2 Å². The molecule has 1 N–H and O–H groups in total. The van der Waals surface area contributed by atoms with Crippen LogP contribution in [-0.2, 0) is 0 Å². The zero-order chi connectivity index (χ0) is 24.5. The summed E-state index contributed by atoms with van der Waals surface area (Å²) in [6.07, 6.45) is 0. The lowest BCUT2D eigenvalue weighted by atomic mass is 9.94. The lowest BCUT2D eigenvalue weighted by Gasteiger charge is -2.13. The Bertz CT molecular complexity index is 1720. The molecule has 0 saturated heterocycles. The van der Waals surface area contributed by atoms with Crippen molar-refractivity contribution in [3.8, 4) is 22.4 Å². The van der Waals surface area contributed by atoms with E-state index in [1.165, 1.54) is 10.8 Å². The van der Waals surface area contributed by atoms with E-state index in [9.17, 15) is 4.79 Å². The molecule has 0 unspecified atom stereocenters. The molecule has 3 nitrogen and oxygen atoms in total. The van der Waals surface area contributed by atoms with E-state index in [0.29, 0.717) is 5.56 Å². The van der Waals surface area contributed by atoms with Crippen LogP contribution in [0, 0.1) is 6.92 Å². The van der Waals surface area contributed by atoms with Crippen LogP contribution in [-0.4, -0.2) is 10.9 Å². The molecule has 6 rings (SSSR count). The summed E-state index contributed by atoms with van der Waals surface area (Å²) in [4.78, 5) is 17.7. The molecule has 1 amide bonds. The molecule has 172 valence electrons. The highest BCUT2D eigenvalue weighted by Crippen LogP contribution is 2.36. The van der Waals surface area contributed by atoms with Crippen molar-refractivity contribution in [1.29, 1.82) is 0 Å². The number of rotatable bonds is 4. The molecule has 5 aromatic carbocycles. The fourth-order valence-corrected chi connectivity index (χ4v) is 4.71. The number of carbonyl (C=O) groups excluding carboxylic acids is 1. The zero-order valence-electron chi connectivity index (χ0n) is 19.9. The summed E-state index contributed by atoms with van der Waals surface area (Å²) in [6.45, 7) is 1.98. The van der Waals surface area contributed by atoms with Crippen molar-refractivity contribution in [2.75, 3.05) is 5.32 Å². The number of carbonyl (C=O) groups is 1. The molecule has 1 heterocycles. The summed E-state index contributed by atoms with van der Waals surface area (Å²) in [5.41, 5.74) is 7.62. The normalized spacial score (nSPS) is 11.0. The maximum absolute atomic E-state index is 12.7. The summed E-state index contributed by atoms with van der Waals surface area (Å²) < 4.78 is 0. The van der Waals surface area contributed by atoms with Crippen LogP contribution < -0.4 is 5.32 Å². The number of nitrogens with zero attached hydrogens (tertiary/aromatic N) is 1. The maximum Gasteiger partial charge on any atom is 0.255 e. The molecule has 6 aromatic rings. The van der Waals surface area contributed by atoms with E-state index in [4.69, 9.17) is 4.98 Å². The number of hydrogen-bond acceptors (Lipinski definition) is 2. The van der Waals surface area contributed by atoms with Crippen molar-refractivity contribution >= 4 is 33.3 Å². The predicted octanol–water partition coefficient (Wildman–Crippen LogP) is 8.28. The first kappa shape index (κ1) is 21.8. The van der Waals surface area contributed by atoms with E-state index in [1.807, 2.05) is 61.5 Å². The first-order valence-corrected chi connectivity index (χ1v) is 12.0. The second-order valence-corrected chi connectivity index (χ2v) is 9.00. The Morgan fingerprint density at radius 2 is 1.47 bits per heavy atom. The minimum absolute atomic E-state index is 0.117. The largest absolute Gasteiger partial charge is 0.322 e. The van der Waals surface area contributed by atoms with Gasteiger partial charge >= 0.3 is 0 Å². The summed E-state index contributed by atoms with van der Waals surface area (Å²) >= 11 is 0. The van der Waals surface area contributed by atoms with Gasteiger partial charge in [0.15, 0.2) is 0 Å². The van der Waals surface area contributed by atoms with E-state index in [-0.39, 0.29) is 5.91 Å². The Morgan fingerprint density at radius 1 is 0.694 bits per heavy atom. The number of amides is 1. The summed E-state index contributed by atoms with van der Waals surface area (Å²) in [5, 5.41) is 6.55. The first-order valence-electron chi connectivity index (χ1n) is 12.0. The van der Waals surface area contributed by atoms with Crippen LogP contribution in [0.4, 0.5) is 5.69 Å². The molecular formula is C33H24N2O. The topological polar surface area (TPSA) is 42.0 Å². The van der Waals surface area contributed by atoms with Gasteiger partial charge < -0.3 is 5.32 Å². The number of hydrogen-bond donors (Lipinski definition) is 1. The van der Waals surface area contributed by atoms with Gasteiger partial charge in [0.05, 0.1) is 11.2 Å². The molecule has 3 heteroatoms. The second kappa shape index (κ2) is 9.12. The number of aryl methyl sites for hydroxylation is 1. The Balaban J connectivity index is 1.41. The van der Waals surface area contributed by atoms with Gasteiger partial charge in [0.1, 0.15) is 0 Å². The van der Waals surface area contributed by atoms with Crippen LogP contribution in [0.1, 0.15) is 15.9 Å². The molecule has 0 saturated carbocycles. The fraction of sp³-hybridized carbons (Fsp3) is 0.0303. The highest BCUT2D eigenvalue weighted by molar-refractivity contribution is 6.13. The third-order valence-electron chi connectivity index (χ3n) is 6.50. The molecule has 0 fully saturated rings. The van der Waals surface area contributed by atoms with Crippen molar-refractivity contribution in [3.63, 3.8) is 0 Å². The molecule has 0 atom stereocenters. The highest BCUT2D eigenvalue weighted by Gasteiger charge is 2.13. The zero-order valence-corrected chi connectivity index (χ0v) is 19.9. The first-order chi connectivity index (χ1) is 17.7. The number of anilines is 1. The van der Waals surface area contributed by atoms with Crippen molar-refractivity contribution in [2.24, 2.45) is 0 Å². The van der Waals surface area contributed by atoms with Crippen molar-refractivity contribution in [2.45, 2.75) is 6.92 Å². The third-order valence-corrected chi connectivity index (χ3v) is 6.50. The number of benzene rings is 5. The van der Waals surface area contributed by atoms with E-state index in [2.05, 4.69) is 72.0 Å². The second-order valence-electron chi connectivity index (χ2n) is 9.00. The molecule has 0 bridgehead atoms. The van der Waals surface area contributed by atoms with Gasteiger partial charge in [0.2, 0.25) is 0 Å². The minimum atomic E-state index is -0.117. The predicted molar refractivity (Wildman–Crippen MR) is 149 cm³/mol. The van der Waals surface area contributed by atoms with Gasteiger partial charge in [-0.3, -0.25) is 4.79 Å². The molecule has 0 radical (unpaired) electrons. The fourth-order valence-electron chi connectivity index (χ4n) is 4.71. The minimum Gasteiger partial charge on any atom is -0.322 e. The Labute approximate surface area is 210 Å².